The first-order chi connectivity index (χ1) is 14.3. The number of benzene rings is 2. The molecule has 5 nitrogen and oxygen atoms in total. The SMILES string of the molecule is c1ccc(Cc2nccc(N3CC4OCCN(Cc5ccccc5)C4C3)n2)cc1. The number of morpholine rings is 1. The van der Waals surface area contributed by atoms with E-state index in [1.54, 1.807) is 0 Å². The molecule has 3 heterocycles. The van der Waals surface area contributed by atoms with Crippen LogP contribution in [0.5, 0.6) is 0 Å². The van der Waals surface area contributed by atoms with Gasteiger partial charge in [-0.25, -0.2) is 9.97 Å². The van der Waals surface area contributed by atoms with Crippen LogP contribution >= 0.6 is 0 Å². The van der Waals surface area contributed by atoms with Crippen LogP contribution in [-0.4, -0.2) is 53.3 Å². The van der Waals surface area contributed by atoms with Crippen molar-refractivity contribution < 1.29 is 4.74 Å². The van der Waals surface area contributed by atoms with Crippen LogP contribution in [0.15, 0.2) is 72.9 Å². The molecule has 0 aliphatic carbocycles. The van der Waals surface area contributed by atoms with Crippen molar-refractivity contribution in [3.8, 4) is 0 Å². The predicted octanol–water partition coefficient (Wildman–Crippen LogP) is 3.16. The van der Waals surface area contributed by atoms with E-state index in [4.69, 9.17) is 9.72 Å². The van der Waals surface area contributed by atoms with Crippen LogP contribution in [0.3, 0.4) is 0 Å². The smallest absolute Gasteiger partial charge is 0.135 e. The second kappa shape index (κ2) is 8.31. The maximum atomic E-state index is 6.12. The van der Waals surface area contributed by atoms with E-state index in [0.29, 0.717) is 6.04 Å². The van der Waals surface area contributed by atoms with Crippen LogP contribution in [0.2, 0.25) is 0 Å². The second-order valence-electron chi connectivity index (χ2n) is 7.83. The lowest BCUT2D eigenvalue weighted by Crippen LogP contribution is -2.50. The Hall–Kier alpha value is -2.76. The summed E-state index contributed by atoms with van der Waals surface area (Å²) in [4.78, 5) is 14.3. The fourth-order valence-corrected chi connectivity index (χ4v) is 4.39. The third-order valence-electron chi connectivity index (χ3n) is 5.86. The number of hydrogen-bond donors (Lipinski definition) is 0. The summed E-state index contributed by atoms with van der Waals surface area (Å²) in [6.45, 7) is 4.58. The van der Waals surface area contributed by atoms with E-state index in [1.807, 2.05) is 18.3 Å². The quantitative estimate of drug-likeness (QED) is 0.674. The normalized spacial score (nSPS) is 21.9. The van der Waals surface area contributed by atoms with Gasteiger partial charge < -0.3 is 9.64 Å². The number of anilines is 1. The molecule has 0 radical (unpaired) electrons. The van der Waals surface area contributed by atoms with Gasteiger partial charge in [0.15, 0.2) is 0 Å². The predicted molar refractivity (Wildman–Crippen MR) is 114 cm³/mol. The van der Waals surface area contributed by atoms with Crippen molar-refractivity contribution in [2.75, 3.05) is 31.1 Å². The van der Waals surface area contributed by atoms with Crippen LogP contribution in [0.1, 0.15) is 17.0 Å². The fraction of sp³-hybridized carbons (Fsp3) is 0.333. The van der Waals surface area contributed by atoms with Crippen molar-refractivity contribution in [2.45, 2.75) is 25.1 Å². The van der Waals surface area contributed by atoms with Crippen LogP contribution in [0, 0.1) is 0 Å². The molecule has 2 aromatic carbocycles. The van der Waals surface area contributed by atoms with Crippen LogP contribution < -0.4 is 4.90 Å². The summed E-state index contributed by atoms with van der Waals surface area (Å²) in [5.74, 6) is 1.87. The standard InChI is InChI=1S/C24H26N4O/c1-3-7-19(8-4-1)15-23-25-12-11-24(26-23)28-17-21-22(18-28)29-14-13-27(21)16-20-9-5-2-6-10-20/h1-12,21-22H,13-18H2. The Bertz CT molecular complexity index is 934. The Morgan fingerprint density at radius 2 is 1.66 bits per heavy atom. The Labute approximate surface area is 172 Å². The zero-order valence-electron chi connectivity index (χ0n) is 16.5. The molecular formula is C24H26N4O. The van der Waals surface area contributed by atoms with Gasteiger partial charge in [0.05, 0.1) is 18.8 Å². The van der Waals surface area contributed by atoms with Gasteiger partial charge in [-0.3, -0.25) is 4.90 Å². The van der Waals surface area contributed by atoms with Crippen molar-refractivity contribution in [2.24, 2.45) is 0 Å². The average Bonchev–Trinajstić information content (AvgIpc) is 3.21. The highest BCUT2D eigenvalue weighted by atomic mass is 16.5. The second-order valence-corrected chi connectivity index (χ2v) is 7.83. The van der Waals surface area contributed by atoms with E-state index in [2.05, 4.69) is 69.4 Å². The monoisotopic (exact) mass is 386 g/mol. The van der Waals surface area contributed by atoms with Crippen LogP contribution in [0.4, 0.5) is 5.82 Å². The molecule has 1 aromatic heterocycles. The van der Waals surface area contributed by atoms with E-state index in [9.17, 15) is 0 Å². The number of ether oxygens (including phenoxy) is 1. The molecule has 0 bridgehead atoms. The molecule has 0 saturated carbocycles. The molecule has 148 valence electrons. The summed E-state index contributed by atoms with van der Waals surface area (Å²) in [6, 6.07) is 23.5. The summed E-state index contributed by atoms with van der Waals surface area (Å²) >= 11 is 0. The molecule has 0 amide bonds. The molecule has 2 unspecified atom stereocenters. The minimum absolute atomic E-state index is 0.236. The highest BCUT2D eigenvalue weighted by Gasteiger charge is 2.40. The molecule has 2 atom stereocenters. The molecule has 2 aliphatic heterocycles. The summed E-state index contributed by atoms with van der Waals surface area (Å²) in [5.41, 5.74) is 2.59. The maximum absolute atomic E-state index is 6.12. The fourth-order valence-electron chi connectivity index (χ4n) is 4.39. The Kier molecular flexibility index (Phi) is 5.24. The molecule has 5 heteroatoms. The van der Waals surface area contributed by atoms with Gasteiger partial charge in [-0.1, -0.05) is 60.7 Å². The topological polar surface area (TPSA) is 41.5 Å². The molecule has 2 aliphatic rings. The molecule has 5 rings (SSSR count). The summed E-state index contributed by atoms with van der Waals surface area (Å²) < 4.78 is 6.12. The summed E-state index contributed by atoms with van der Waals surface area (Å²) in [5, 5.41) is 0. The van der Waals surface area contributed by atoms with Gasteiger partial charge in [0.25, 0.3) is 0 Å². The van der Waals surface area contributed by atoms with Gasteiger partial charge >= 0.3 is 0 Å². The first kappa shape index (κ1) is 18.3. The zero-order chi connectivity index (χ0) is 19.5. The van der Waals surface area contributed by atoms with Crippen LogP contribution in [-0.2, 0) is 17.7 Å². The van der Waals surface area contributed by atoms with Gasteiger partial charge in [-0.2, -0.15) is 0 Å². The molecule has 2 saturated heterocycles. The molecule has 2 fully saturated rings. The average molecular weight is 386 g/mol. The Balaban J connectivity index is 1.30. The van der Waals surface area contributed by atoms with E-state index in [1.165, 1.54) is 11.1 Å². The van der Waals surface area contributed by atoms with Crippen molar-refractivity contribution in [1.29, 1.82) is 0 Å². The number of fused-ring (bicyclic) bond motifs is 1. The van der Waals surface area contributed by atoms with Crippen molar-refractivity contribution in [3.63, 3.8) is 0 Å². The maximum Gasteiger partial charge on any atom is 0.135 e. The lowest BCUT2D eigenvalue weighted by atomic mass is 10.1. The van der Waals surface area contributed by atoms with E-state index in [0.717, 1.165) is 50.8 Å². The Morgan fingerprint density at radius 1 is 0.897 bits per heavy atom. The minimum Gasteiger partial charge on any atom is -0.373 e. The molecule has 0 spiro atoms. The molecule has 3 aromatic rings. The lowest BCUT2D eigenvalue weighted by Gasteiger charge is -2.36. The zero-order valence-corrected chi connectivity index (χ0v) is 16.5. The van der Waals surface area contributed by atoms with Gasteiger partial charge in [0, 0.05) is 38.8 Å². The van der Waals surface area contributed by atoms with E-state index >= 15 is 0 Å². The number of hydrogen-bond acceptors (Lipinski definition) is 5. The van der Waals surface area contributed by atoms with E-state index < -0.39 is 0 Å². The van der Waals surface area contributed by atoms with Crippen molar-refractivity contribution in [1.82, 2.24) is 14.9 Å². The minimum atomic E-state index is 0.236. The number of aromatic nitrogens is 2. The highest BCUT2D eigenvalue weighted by Crippen LogP contribution is 2.27. The number of rotatable bonds is 5. The van der Waals surface area contributed by atoms with Gasteiger partial charge in [0.1, 0.15) is 11.6 Å². The molecular weight excluding hydrogens is 360 g/mol. The highest BCUT2D eigenvalue weighted by molar-refractivity contribution is 5.41. The first-order valence-corrected chi connectivity index (χ1v) is 10.4. The molecule has 0 N–H and O–H groups in total. The van der Waals surface area contributed by atoms with Gasteiger partial charge in [-0.05, 0) is 17.2 Å². The van der Waals surface area contributed by atoms with Crippen molar-refractivity contribution >= 4 is 5.82 Å². The summed E-state index contributed by atoms with van der Waals surface area (Å²) in [6.07, 6.45) is 2.87. The lowest BCUT2D eigenvalue weighted by molar-refractivity contribution is -0.0499. The van der Waals surface area contributed by atoms with Crippen molar-refractivity contribution in [3.05, 3.63) is 89.9 Å². The first-order valence-electron chi connectivity index (χ1n) is 10.4. The van der Waals surface area contributed by atoms with Gasteiger partial charge in [0.2, 0.25) is 0 Å². The molecule has 29 heavy (non-hydrogen) atoms. The summed E-state index contributed by atoms with van der Waals surface area (Å²) in [7, 11) is 0. The Morgan fingerprint density at radius 3 is 2.45 bits per heavy atom. The largest absolute Gasteiger partial charge is 0.373 e. The van der Waals surface area contributed by atoms with E-state index in [-0.39, 0.29) is 6.10 Å². The van der Waals surface area contributed by atoms with Gasteiger partial charge in [-0.15, -0.1) is 0 Å². The number of nitrogens with zero attached hydrogens (tertiary/aromatic N) is 4. The third-order valence-corrected chi connectivity index (χ3v) is 5.86. The van der Waals surface area contributed by atoms with Crippen LogP contribution in [0.25, 0.3) is 0 Å². The third kappa shape index (κ3) is 4.16.